The highest BCUT2D eigenvalue weighted by atomic mass is 16.1. The topological polar surface area (TPSA) is 32.3 Å². The van der Waals surface area contributed by atoms with Gasteiger partial charge in [0, 0.05) is 32.5 Å². The van der Waals surface area contributed by atoms with Gasteiger partial charge >= 0.3 is 0 Å². The third kappa shape index (κ3) is 5.15. The van der Waals surface area contributed by atoms with Crippen LogP contribution < -0.4 is 10.2 Å². The standard InChI is InChI=1S/C20H22N2O/c1-21-18-10-4-16(5-11-18)8-14-20(23)15-9-17-6-12-19(13-7-17)22(2)3/h4-15,21H,1-3H3/b14-8+,15-9+. The highest BCUT2D eigenvalue weighted by molar-refractivity contribution is 6.04. The first kappa shape index (κ1) is 16.6. The highest BCUT2D eigenvalue weighted by Crippen LogP contribution is 2.13. The van der Waals surface area contributed by atoms with Crippen molar-refractivity contribution in [3.8, 4) is 0 Å². The van der Waals surface area contributed by atoms with E-state index >= 15 is 0 Å². The van der Waals surface area contributed by atoms with Crippen LogP contribution in [0, 0.1) is 0 Å². The first-order valence-corrected chi connectivity index (χ1v) is 7.54. The van der Waals surface area contributed by atoms with Crippen LogP contribution in [0.1, 0.15) is 11.1 Å². The molecule has 2 rings (SSSR count). The molecule has 0 saturated carbocycles. The number of rotatable bonds is 6. The predicted molar refractivity (Wildman–Crippen MR) is 99.8 cm³/mol. The van der Waals surface area contributed by atoms with Crippen molar-refractivity contribution in [1.82, 2.24) is 0 Å². The molecule has 0 aromatic heterocycles. The predicted octanol–water partition coefficient (Wildman–Crippen LogP) is 4.09. The number of carbonyl (C=O) groups is 1. The van der Waals surface area contributed by atoms with Crippen molar-refractivity contribution >= 4 is 29.3 Å². The minimum atomic E-state index is -0.0284. The number of hydrogen-bond acceptors (Lipinski definition) is 3. The monoisotopic (exact) mass is 306 g/mol. The van der Waals surface area contributed by atoms with Crippen LogP contribution in [0.15, 0.2) is 60.7 Å². The van der Waals surface area contributed by atoms with E-state index in [1.165, 1.54) is 0 Å². The van der Waals surface area contributed by atoms with E-state index in [4.69, 9.17) is 0 Å². The van der Waals surface area contributed by atoms with Crippen molar-refractivity contribution in [3.05, 3.63) is 71.8 Å². The molecule has 0 saturated heterocycles. The summed E-state index contributed by atoms with van der Waals surface area (Å²) in [5, 5.41) is 3.06. The molecule has 0 amide bonds. The second-order valence-electron chi connectivity index (χ2n) is 5.43. The minimum Gasteiger partial charge on any atom is -0.388 e. The third-order valence-electron chi connectivity index (χ3n) is 3.49. The SMILES string of the molecule is CNc1ccc(/C=C/C(=O)/C=C/c2ccc(N(C)C)cc2)cc1. The van der Waals surface area contributed by atoms with Crippen molar-refractivity contribution in [1.29, 1.82) is 0 Å². The Morgan fingerprint density at radius 1 is 0.870 bits per heavy atom. The van der Waals surface area contributed by atoms with E-state index in [9.17, 15) is 4.79 Å². The van der Waals surface area contributed by atoms with Gasteiger partial charge in [-0.25, -0.2) is 0 Å². The first-order chi connectivity index (χ1) is 11.1. The lowest BCUT2D eigenvalue weighted by atomic mass is 10.1. The number of nitrogens with one attached hydrogen (secondary N) is 1. The van der Waals surface area contributed by atoms with E-state index < -0.39 is 0 Å². The van der Waals surface area contributed by atoms with Crippen LogP contribution >= 0.6 is 0 Å². The van der Waals surface area contributed by atoms with E-state index in [0.717, 1.165) is 22.5 Å². The largest absolute Gasteiger partial charge is 0.388 e. The molecule has 2 aromatic rings. The number of nitrogens with zero attached hydrogens (tertiary/aromatic N) is 1. The van der Waals surface area contributed by atoms with Gasteiger partial charge in [0.05, 0.1) is 0 Å². The second-order valence-corrected chi connectivity index (χ2v) is 5.43. The number of benzene rings is 2. The molecular formula is C20H22N2O. The molecule has 0 aliphatic carbocycles. The molecule has 0 radical (unpaired) electrons. The molecule has 0 unspecified atom stereocenters. The lowest BCUT2D eigenvalue weighted by Gasteiger charge is -2.11. The van der Waals surface area contributed by atoms with Gasteiger partial charge in [0.25, 0.3) is 0 Å². The molecule has 2 aromatic carbocycles. The van der Waals surface area contributed by atoms with E-state index in [1.807, 2.05) is 86.7 Å². The summed E-state index contributed by atoms with van der Waals surface area (Å²) < 4.78 is 0. The van der Waals surface area contributed by atoms with Gasteiger partial charge in [0.2, 0.25) is 0 Å². The minimum absolute atomic E-state index is 0.0284. The van der Waals surface area contributed by atoms with Crippen LogP contribution in [-0.4, -0.2) is 26.9 Å². The van der Waals surface area contributed by atoms with Crippen LogP contribution in [0.25, 0.3) is 12.2 Å². The summed E-state index contributed by atoms with van der Waals surface area (Å²) in [6.45, 7) is 0. The summed E-state index contributed by atoms with van der Waals surface area (Å²) in [4.78, 5) is 13.9. The second kappa shape index (κ2) is 7.99. The van der Waals surface area contributed by atoms with Crippen molar-refractivity contribution < 1.29 is 4.79 Å². The molecule has 1 N–H and O–H groups in total. The Kier molecular flexibility index (Phi) is 5.75. The Balaban J connectivity index is 1.96. The van der Waals surface area contributed by atoms with Crippen molar-refractivity contribution in [3.63, 3.8) is 0 Å². The average Bonchev–Trinajstić information content (AvgIpc) is 2.59. The summed E-state index contributed by atoms with van der Waals surface area (Å²) in [6.07, 6.45) is 6.82. The lowest BCUT2D eigenvalue weighted by molar-refractivity contribution is -0.110. The van der Waals surface area contributed by atoms with Crippen LogP contribution in [0.4, 0.5) is 11.4 Å². The van der Waals surface area contributed by atoms with E-state index in [2.05, 4.69) is 5.32 Å². The van der Waals surface area contributed by atoms with E-state index in [-0.39, 0.29) is 5.78 Å². The maximum Gasteiger partial charge on any atom is 0.178 e. The fourth-order valence-corrected chi connectivity index (χ4v) is 2.06. The zero-order valence-electron chi connectivity index (χ0n) is 13.8. The fourth-order valence-electron chi connectivity index (χ4n) is 2.06. The normalized spacial score (nSPS) is 11.1. The number of carbonyl (C=O) groups excluding carboxylic acids is 1. The molecule has 0 bridgehead atoms. The quantitative estimate of drug-likeness (QED) is 0.816. The fraction of sp³-hybridized carbons (Fsp3) is 0.150. The van der Waals surface area contributed by atoms with Gasteiger partial charge in [-0.3, -0.25) is 4.79 Å². The molecule has 0 heterocycles. The van der Waals surface area contributed by atoms with Gasteiger partial charge in [-0.05, 0) is 47.5 Å². The van der Waals surface area contributed by atoms with Crippen molar-refractivity contribution in [2.24, 2.45) is 0 Å². The zero-order valence-corrected chi connectivity index (χ0v) is 13.8. The van der Waals surface area contributed by atoms with Crippen LogP contribution in [0.2, 0.25) is 0 Å². The van der Waals surface area contributed by atoms with Crippen LogP contribution in [0.3, 0.4) is 0 Å². The Hall–Kier alpha value is -2.81. The molecule has 0 spiro atoms. The summed E-state index contributed by atoms with van der Waals surface area (Å²) in [5.74, 6) is -0.0284. The van der Waals surface area contributed by atoms with Gasteiger partial charge < -0.3 is 10.2 Å². The lowest BCUT2D eigenvalue weighted by Crippen LogP contribution is -2.07. The Morgan fingerprint density at radius 3 is 1.78 bits per heavy atom. The summed E-state index contributed by atoms with van der Waals surface area (Å²) in [7, 11) is 5.88. The number of allylic oxidation sites excluding steroid dienone is 2. The molecule has 118 valence electrons. The first-order valence-electron chi connectivity index (χ1n) is 7.54. The van der Waals surface area contributed by atoms with Crippen LogP contribution in [0.5, 0.6) is 0 Å². The highest BCUT2D eigenvalue weighted by Gasteiger charge is 1.95. The molecule has 23 heavy (non-hydrogen) atoms. The molecule has 0 aliphatic rings. The average molecular weight is 306 g/mol. The van der Waals surface area contributed by atoms with Gasteiger partial charge in [-0.1, -0.05) is 36.4 Å². The summed E-state index contributed by atoms with van der Waals surface area (Å²) >= 11 is 0. The number of ketones is 1. The maximum atomic E-state index is 11.9. The molecule has 0 fully saturated rings. The molecule has 0 aliphatic heterocycles. The molecular weight excluding hydrogens is 284 g/mol. The smallest absolute Gasteiger partial charge is 0.178 e. The Labute approximate surface area is 138 Å². The Bertz CT molecular complexity index is 695. The van der Waals surface area contributed by atoms with Gasteiger partial charge in [-0.2, -0.15) is 0 Å². The maximum absolute atomic E-state index is 11.9. The van der Waals surface area contributed by atoms with Gasteiger partial charge in [0.15, 0.2) is 5.78 Å². The number of hydrogen-bond donors (Lipinski definition) is 1. The third-order valence-corrected chi connectivity index (χ3v) is 3.49. The van der Waals surface area contributed by atoms with Gasteiger partial charge in [0.1, 0.15) is 0 Å². The molecule has 0 atom stereocenters. The van der Waals surface area contributed by atoms with E-state index in [1.54, 1.807) is 12.2 Å². The summed E-state index contributed by atoms with van der Waals surface area (Å²) in [5.41, 5.74) is 4.20. The molecule has 3 heteroatoms. The van der Waals surface area contributed by atoms with Gasteiger partial charge in [-0.15, -0.1) is 0 Å². The zero-order chi connectivity index (χ0) is 16.7. The summed E-state index contributed by atoms with van der Waals surface area (Å²) in [6, 6.07) is 16.0. The molecule has 3 nitrogen and oxygen atoms in total. The van der Waals surface area contributed by atoms with E-state index in [0.29, 0.717) is 0 Å². The van der Waals surface area contributed by atoms with Crippen molar-refractivity contribution in [2.75, 3.05) is 31.4 Å². The van der Waals surface area contributed by atoms with Crippen molar-refractivity contribution in [2.45, 2.75) is 0 Å². The van der Waals surface area contributed by atoms with Crippen LogP contribution in [-0.2, 0) is 4.79 Å². The number of anilines is 2. The Morgan fingerprint density at radius 2 is 1.35 bits per heavy atom.